The molecule has 1 heterocycles. The van der Waals surface area contributed by atoms with E-state index in [0.717, 1.165) is 18.7 Å². The highest BCUT2D eigenvalue weighted by molar-refractivity contribution is 5.88. The third-order valence-corrected chi connectivity index (χ3v) is 1.83. The number of carbonyl (C=O) groups is 1. The van der Waals surface area contributed by atoms with Gasteiger partial charge in [-0.25, -0.2) is 9.78 Å². The fraction of sp³-hybridized carbons (Fsp3) is 0.273. The molecule has 1 aromatic heterocycles. The molecule has 0 unspecified atom stereocenters. The van der Waals surface area contributed by atoms with E-state index < -0.39 is 5.97 Å². The maximum Gasteiger partial charge on any atom is 0.356 e. The summed E-state index contributed by atoms with van der Waals surface area (Å²) in [5.74, 6) is -0.428. The van der Waals surface area contributed by atoms with Crippen molar-refractivity contribution >= 4 is 11.7 Å². The highest BCUT2D eigenvalue weighted by Gasteiger charge is 2.06. The lowest BCUT2D eigenvalue weighted by molar-refractivity contribution is 0.0594. The zero-order chi connectivity index (χ0) is 11.1. The van der Waals surface area contributed by atoms with Gasteiger partial charge in [0, 0.05) is 18.4 Å². The molecule has 4 heteroatoms. The summed E-state index contributed by atoms with van der Waals surface area (Å²) in [5, 5.41) is 3.15. The first kappa shape index (κ1) is 11.2. The average Bonchev–Trinajstić information content (AvgIpc) is 2.29. The molecular formula is C11H14N2O2. The van der Waals surface area contributed by atoms with Crippen LogP contribution in [0.25, 0.3) is 0 Å². The second-order valence-corrected chi connectivity index (χ2v) is 2.93. The number of carbonyl (C=O) groups excluding carboxylic acids is 1. The van der Waals surface area contributed by atoms with Gasteiger partial charge in [0.2, 0.25) is 0 Å². The van der Waals surface area contributed by atoms with Gasteiger partial charge in [0.1, 0.15) is 5.69 Å². The number of pyridine rings is 1. The van der Waals surface area contributed by atoms with E-state index in [9.17, 15) is 4.79 Å². The van der Waals surface area contributed by atoms with Crippen molar-refractivity contribution in [1.29, 1.82) is 0 Å². The Morgan fingerprint density at radius 1 is 1.73 bits per heavy atom. The number of anilines is 1. The first-order chi connectivity index (χ1) is 7.27. The van der Waals surface area contributed by atoms with E-state index in [1.165, 1.54) is 7.11 Å². The molecule has 0 bridgehead atoms. The quantitative estimate of drug-likeness (QED) is 0.454. The third kappa shape index (κ3) is 3.42. The summed E-state index contributed by atoms with van der Waals surface area (Å²) in [7, 11) is 1.34. The molecule has 1 N–H and O–H groups in total. The topological polar surface area (TPSA) is 51.2 Å². The van der Waals surface area contributed by atoms with Crippen molar-refractivity contribution in [2.45, 2.75) is 6.42 Å². The number of methoxy groups -OCH3 is 1. The molecule has 4 nitrogen and oxygen atoms in total. The Kier molecular flexibility index (Phi) is 4.34. The Bertz CT molecular complexity index is 350. The van der Waals surface area contributed by atoms with E-state index in [1.54, 1.807) is 18.3 Å². The highest BCUT2D eigenvalue weighted by Crippen LogP contribution is 2.08. The Balaban J connectivity index is 2.65. The van der Waals surface area contributed by atoms with Gasteiger partial charge in [0.25, 0.3) is 0 Å². The molecule has 1 rings (SSSR count). The number of nitrogens with zero attached hydrogens (tertiary/aromatic N) is 1. The summed E-state index contributed by atoms with van der Waals surface area (Å²) in [6.45, 7) is 4.41. The van der Waals surface area contributed by atoms with Crippen LogP contribution in [0.5, 0.6) is 0 Å². The normalized spacial score (nSPS) is 9.40. The Hall–Kier alpha value is -1.84. The average molecular weight is 206 g/mol. The minimum Gasteiger partial charge on any atom is -0.464 e. The van der Waals surface area contributed by atoms with Crippen LogP contribution in [0.2, 0.25) is 0 Å². The van der Waals surface area contributed by atoms with Crippen molar-refractivity contribution in [2.24, 2.45) is 0 Å². The molecule has 80 valence electrons. The van der Waals surface area contributed by atoms with E-state index in [4.69, 9.17) is 0 Å². The molecule has 0 amide bonds. The molecule has 0 aliphatic rings. The summed E-state index contributed by atoms with van der Waals surface area (Å²) in [6, 6.07) is 3.46. The first-order valence-corrected chi connectivity index (χ1v) is 4.67. The van der Waals surface area contributed by atoms with Crippen LogP contribution in [0.3, 0.4) is 0 Å². The second kappa shape index (κ2) is 5.80. The van der Waals surface area contributed by atoms with E-state index in [0.29, 0.717) is 5.69 Å². The van der Waals surface area contributed by atoms with Crippen molar-refractivity contribution < 1.29 is 9.53 Å². The lowest BCUT2D eigenvalue weighted by Crippen LogP contribution is -2.06. The second-order valence-electron chi connectivity index (χ2n) is 2.93. The molecule has 0 aromatic carbocycles. The van der Waals surface area contributed by atoms with Gasteiger partial charge in [-0.15, -0.1) is 6.58 Å². The number of aromatic nitrogens is 1. The largest absolute Gasteiger partial charge is 0.464 e. The lowest BCUT2D eigenvalue weighted by atomic mass is 10.3. The van der Waals surface area contributed by atoms with Crippen LogP contribution in [0.1, 0.15) is 16.9 Å². The zero-order valence-corrected chi connectivity index (χ0v) is 8.69. The number of nitrogens with one attached hydrogen (secondary N) is 1. The summed E-state index contributed by atoms with van der Waals surface area (Å²) >= 11 is 0. The fourth-order valence-corrected chi connectivity index (χ4v) is 1.08. The van der Waals surface area contributed by atoms with E-state index in [2.05, 4.69) is 21.6 Å². The molecule has 1 aromatic rings. The smallest absolute Gasteiger partial charge is 0.356 e. The number of hydrogen-bond donors (Lipinski definition) is 1. The van der Waals surface area contributed by atoms with E-state index >= 15 is 0 Å². The Morgan fingerprint density at radius 3 is 3.20 bits per heavy atom. The molecule has 0 atom stereocenters. The molecule has 0 aliphatic carbocycles. The third-order valence-electron chi connectivity index (χ3n) is 1.83. The van der Waals surface area contributed by atoms with Crippen LogP contribution in [0.15, 0.2) is 31.0 Å². The molecule has 0 saturated carbocycles. The van der Waals surface area contributed by atoms with Gasteiger partial charge >= 0.3 is 5.97 Å². The predicted octanol–water partition coefficient (Wildman–Crippen LogP) is 1.86. The summed E-state index contributed by atoms with van der Waals surface area (Å²) in [6.07, 6.45) is 4.27. The number of hydrogen-bond acceptors (Lipinski definition) is 4. The molecule has 0 radical (unpaired) electrons. The van der Waals surface area contributed by atoms with Crippen LogP contribution in [0.4, 0.5) is 5.69 Å². The minimum atomic E-state index is -0.428. The van der Waals surface area contributed by atoms with Crippen molar-refractivity contribution in [3.63, 3.8) is 0 Å². The Labute approximate surface area is 89.0 Å². The number of ether oxygens (including phenoxy) is 1. The minimum absolute atomic E-state index is 0.307. The maximum atomic E-state index is 11.2. The monoisotopic (exact) mass is 206 g/mol. The van der Waals surface area contributed by atoms with Crippen molar-refractivity contribution in [2.75, 3.05) is 19.0 Å². The molecule has 0 saturated heterocycles. The van der Waals surface area contributed by atoms with Gasteiger partial charge in [-0.1, -0.05) is 6.08 Å². The molecule has 0 aliphatic heterocycles. The van der Waals surface area contributed by atoms with Gasteiger partial charge in [-0.3, -0.25) is 0 Å². The summed E-state index contributed by atoms with van der Waals surface area (Å²) in [4.78, 5) is 15.1. The summed E-state index contributed by atoms with van der Waals surface area (Å²) < 4.78 is 4.57. The fourth-order valence-electron chi connectivity index (χ4n) is 1.08. The van der Waals surface area contributed by atoms with Crippen LogP contribution in [-0.2, 0) is 4.74 Å². The maximum absolute atomic E-state index is 11.2. The van der Waals surface area contributed by atoms with Gasteiger partial charge in [-0.2, -0.15) is 0 Å². The van der Waals surface area contributed by atoms with Crippen LogP contribution in [-0.4, -0.2) is 24.6 Å². The van der Waals surface area contributed by atoms with Crippen molar-refractivity contribution in [3.05, 3.63) is 36.7 Å². The van der Waals surface area contributed by atoms with Crippen molar-refractivity contribution in [1.82, 2.24) is 4.98 Å². The first-order valence-electron chi connectivity index (χ1n) is 4.67. The number of esters is 1. The molecule has 0 spiro atoms. The summed E-state index contributed by atoms with van der Waals surface area (Å²) in [5.41, 5.74) is 1.16. The van der Waals surface area contributed by atoms with Crippen molar-refractivity contribution in [3.8, 4) is 0 Å². The van der Waals surface area contributed by atoms with Crippen LogP contribution >= 0.6 is 0 Å². The number of rotatable bonds is 5. The highest BCUT2D eigenvalue weighted by atomic mass is 16.5. The molecule has 0 fully saturated rings. The van der Waals surface area contributed by atoms with Crippen LogP contribution in [0, 0.1) is 0 Å². The van der Waals surface area contributed by atoms with Gasteiger partial charge in [0.05, 0.1) is 7.11 Å². The standard InChI is InChI=1S/C11H14N2O2/c1-3-4-6-12-9-5-7-13-10(8-9)11(14)15-2/h3,5,7-8H,1,4,6H2,2H3,(H,12,13). The zero-order valence-electron chi connectivity index (χ0n) is 8.69. The molecule has 15 heavy (non-hydrogen) atoms. The van der Waals surface area contributed by atoms with Gasteiger partial charge < -0.3 is 10.1 Å². The van der Waals surface area contributed by atoms with Crippen LogP contribution < -0.4 is 5.32 Å². The van der Waals surface area contributed by atoms with Gasteiger partial charge in [-0.05, 0) is 18.6 Å². The Morgan fingerprint density at radius 2 is 2.53 bits per heavy atom. The van der Waals surface area contributed by atoms with Gasteiger partial charge in [0.15, 0.2) is 0 Å². The predicted molar refractivity (Wildman–Crippen MR) is 58.9 cm³/mol. The van der Waals surface area contributed by atoms with E-state index in [-0.39, 0.29) is 0 Å². The van der Waals surface area contributed by atoms with E-state index in [1.807, 2.05) is 6.08 Å². The molecular weight excluding hydrogens is 192 g/mol. The SMILES string of the molecule is C=CCCNc1ccnc(C(=O)OC)c1. The lowest BCUT2D eigenvalue weighted by Gasteiger charge is -2.05.